The first-order chi connectivity index (χ1) is 9.22. The van der Waals surface area contributed by atoms with Crippen LogP contribution in [0.4, 0.5) is 8.78 Å². The minimum Gasteiger partial charge on any atom is -0.310 e. The molecule has 1 N–H and O–H groups in total. The molecule has 0 bridgehead atoms. The second-order valence-corrected chi connectivity index (χ2v) is 6.88. The summed E-state index contributed by atoms with van der Waals surface area (Å²) in [4.78, 5) is 0.210. The van der Waals surface area contributed by atoms with Crippen LogP contribution >= 0.6 is 11.8 Å². The number of rotatable bonds is 5. The predicted octanol–water partition coefficient (Wildman–Crippen LogP) is 4.25. The van der Waals surface area contributed by atoms with E-state index < -0.39 is 11.6 Å². The molecule has 2 aliphatic rings. The van der Waals surface area contributed by atoms with Crippen LogP contribution in [-0.2, 0) is 6.54 Å². The van der Waals surface area contributed by atoms with Gasteiger partial charge < -0.3 is 5.32 Å². The van der Waals surface area contributed by atoms with Gasteiger partial charge in [0.1, 0.15) is 11.6 Å². The van der Waals surface area contributed by atoms with Crippen molar-refractivity contribution in [1.82, 2.24) is 5.32 Å². The van der Waals surface area contributed by atoms with Gasteiger partial charge in [-0.15, -0.1) is 11.8 Å². The molecule has 0 atom stereocenters. The van der Waals surface area contributed by atoms with E-state index >= 15 is 0 Å². The topological polar surface area (TPSA) is 12.0 Å². The van der Waals surface area contributed by atoms with E-state index in [-0.39, 0.29) is 4.90 Å². The Morgan fingerprint density at radius 1 is 1.05 bits per heavy atom. The monoisotopic (exact) mass is 283 g/mol. The molecule has 0 aromatic heterocycles. The molecule has 0 unspecified atom stereocenters. The molecule has 104 valence electrons. The third-order valence-electron chi connectivity index (χ3n) is 3.82. The van der Waals surface area contributed by atoms with Gasteiger partial charge in [0, 0.05) is 17.8 Å². The van der Waals surface area contributed by atoms with Gasteiger partial charge in [-0.05, 0) is 43.4 Å². The van der Waals surface area contributed by atoms with Crippen molar-refractivity contribution < 1.29 is 8.78 Å². The van der Waals surface area contributed by atoms with Gasteiger partial charge in [0.05, 0.1) is 4.90 Å². The number of hydrogen-bond donors (Lipinski definition) is 1. The highest BCUT2D eigenvalue weighted by atomic mass is 32.2. The van der Waals surface area contributed by atoms with Gasteiger partial charge in [-0.1, -0.05) is 12.8 Å². The first-order valence-electron chi connectivity index (χ1n) is 7.10. The zero-order valence-electron chi connectivity index (χ0n) is 10.9. The molecule has 0 saturated heterocycles. The molecule has 3 rings (SSSR count). The Hall–Kier alpha value is -0.610. The van der Waals surface area contributed by atoms with E-state index in [9.17, 15) is 8.78 Å². The van der Waals surface area contributed by atoms with Crippen molar-refractivity contribution in [1.29, 1.82) is 0 Å². The second kappa shape index (κ2) is 5.80. The Bertz CT molecular complexity index is 430. The first-order valence-corrected chi connectivity index (χ1v) is 7.98. The van der Waals surface area contributed by atoms with Crippen LogP contribution in [0.2, 0.25) is 0 Å². The summed E-state index contributed by atoms with van der Waals surface area (Å²) in [5.41, 5.74) is 0.706. The van der Waals surface area contributed by atoms with Crippen molar-refractivity contribution in [2.75, 3.05) is 0 Å². The lowest BCUT2D eigenvalue weighted by molar-refractivity contribution is 0.533. The van der Waals surface area contributed by atoms with Gasteiger partial charge in [0.15, 0.2) is 0 Å². The molecule has 0 radical (unpaired) electrons. The number of nitrogens with one attached hydrogen (secondary N) is 1. The molecule has 4 heteroatoms. The summed E-state index contributed by atoms with van der Waals surface area (Å²) in [7, 11) is 0. The fourth-order valence-electron chi connectivity index (χ4n) is 2.55. The molecule has 1 nitrogen and oxygen atoms in total. The fraction of sp³-hybridized carbons (Fsp3) is 0.600. The second-order valence-electron chi connectivity index (χ2n) is 5.57. The molecule has 0 amide bonds. The largest absolute Gasteiger partial charge is 0.310 e. The average molecular weight is 283 g/mol. The SMILES string of the molecule is Fc1cc(CNC2CC2)cc(F)c1SC1CCCC1. The van der Waals surface area contributed by atoms with Crippen molar-refractivity contribution in [3.8, 4) is 0 Å². The molecule has 1 aromatic carbocycles. The van der Waals surface area contributed by atoms with E-state index in [1.165, 1.54) is 49.6 Å². The number of hydrogen-bond acceptors (Lipinski definition) is 2. The third kappa shape index (κ3) is 3.48. The molecule has 0 aliphatic heterocycles. The Balaban J connectivity index is 1.68. The van der Waals surface area contributed by atoms with Gasteiger partial charge >= 0.3 is 0 Å². The molecular weight excluding hydrogens is 264 g/mol. The number of benzene rings is 1. The Morgan fingerprint density at radius 3 is 2.26 bits per heavy atom. The fourth-order valence-corrected chi connectivity index (χ4v) is 3.79. The lowest BCUT2D eigenvalue weighted by Crippen LogP contribution is -2.15. The molecule has 1 aromatic rings. The summed E-state index contributed by atoms with van der Waals surface area (Å²) in [6.45, 7) is 0.562. The standard InChI is InChI=1S/C15H19F2NS/c16-13-7-10(9-18-11-5-6-11)8-14(17)15(13)19-12-3-1-2-4-12/h7-8,11-12,18H,1-6,9H2. The summed E-state index contributed by atoms with van der Waals surface area (Å²) in [6, 6.07) is 3.52. The Kier molecular flexibility index (Phi) is 4.08. The van der Waals surface area contributed by atoms with Gasteiger partial charge in [-0.25, -0.2) is 8.78 Å². The van der Waals surface area contributed by atoms with Crippen LogP contribution in [-0.4, -0.2) is 11.3 Å². The quantitative estimate of drug-likeness (QED) is 0.867. The average Bonchev–Trinajstić information content (AvgIpc) is 3.07. The van der Waals surface area contributed by atoms with E-state index in [4.69, 9.17) is 0 Å². The van der Waals surface area contributed by atoms with E-state index in [0.29, 0.717) is 23.4 Å². The summed E-state index contributed by atoms with van der Waals surface area (Å²) in [5, 5.41) is 3.67. The van der Waals surface area contributed by atoms with Crippen LogP contribution in [0.25, 0.3) is 0 Å². The highest BCUT2D eigenvalue weighted by molar-refractivity contribution is 8.00. The zero-order valence-corrected chi connectivity index (χ0v) is 11.7. The molecule has 2 saturated carbocycles. The van der Waals surface area contributed by atoms with Crippen molar-refractivity contribution in [2.24, 2.45) is 0 Å². The molecule has 19 heavy (non-hydrogen) atoms. The summed E-state index contributed by atoms with van der Waals surface area (Å²) in [6.07, 6.45) is 6.89. The zero-order chi connectivity index (χ0) is 13.2. The van der Waals surface area contributed by atoms with Gasteiger partial charge in [0.2, 0.25) is 0 Å². The minimum absolute atomic E-state index is 0.210. The van der Waals surface area contributed by atoms with Crippen LogP contribution in [0.1, 0.15) is 44.1 Å². The normalized spacial score (nSPS) is 20.1. The lowest BCUT2D eigenvalue weighted by atomic mass is 10.2. The van der Waals surface area contributed by atoms with Crippen molar-refractivity contribution >= 4 is 11.8 Å². The molecule has 2 fully saturated rings. The van der Waals surface area contributed by atoms with E-state index in [1.54, 1.807) is 0 Å². The maximum absolute atomic E-state index is 14.0. The van der Waals surface area contributed by atoms with E-state index in [2.05, 4.69) is 5.32 Å². The number of halogens is 2. The molecule has 0 heterocycles. The minimum atomic E-state index is -0.399. The summed E-state index contributed by atoms with van der Waals surface area (Å²) in [5.74, 6) is -0.797. The van der Waals surface area contributed by atoms with Crippen LogP contribution < -0.4 is 5.32 Å². The van der Waals surface area contributed by atoms with Gasteiger partial charge in [-0.2, -0.15) is 0 Å². The highest BCUT2D eigenvalue weighted by Crippen LogP contribution is 2.37. The van der Waals surface area contributed by atoms with Crippen LogP contribution in [0.15, 0.2) is 17.0 Å². The summed E-state index contributed by atoms with van der Waals surface area (Å²) >= 11 is 1.38. The van der Waals surface area contributed by atoms with Crippen LogP contribution in [0.3, 0.4) is 0 Å². The van der Waals surface area contributed by atoms with Crippen LogP contribution in [0.5, 0.6) is 0 Å². The predicted molar refractivity (Wildman–Crippen MR) is 74.3 cm³/mol. The van der Waals surface area contributed by atoms with Crippen molar-refractivity contribution in [2.45, 2.75) is 61.3 Å². The lowest BCUT2D eigenvalue weighted by Gasteiger charge is -2.12. The highest BCUT2D eigenvalue weighted by Gasteiger charge is 2.22. The maximum Gasteiger partial charge on any atom is 0.140 e. The molecule has 2 aliphatic carbocycles. The molecule has 0 spiro atoms. The first kappa shape index (κ1) is 13.4. The maximum atomic E-state index is 14.0. The van der Waals surface area contributed by atoms with Crippen molar-refractivity contribution in [3.63, 3.8) is 0 Å². The van der Waals surface area contributed by atoms with Crippen LogP contribution in [0, 0.1) is 11.6 Å². The molecular formula is C15H19F2NS. The van der Waals surface area contributed by atoms with E-state index in [0.717, 1.165) is 12.8 Å². The summed E-state index contributed by atoms with van der Waals surface area (Å²) < 4.78 is 28.0. The number of thioether (sulfide) groups is 1. The van der Waals surface area contributed by atoms with Gasteiger partial charge in [-0.3, -0.25) is 0 Å². The van der Waals surface area contributed by atoms with Crippen molar-refractivity contribution in [3.05, 3.63) is 29.3 Å². The third-order valence-corrected chi connectivity index (χ3v) is 5.25. The van der Waals surface area contributed by atoms with Gasteiger partial charge in [0.25, 0.3) is 0 Å². The van der Waals surface area contributed by atoms with E-state index in [1.807, 2.05) is 0 Å². The Morgan fingerprint density at radius 2 is 1.68 bits per heavy atom. The Labute approximate surface area is 117 Å². The smallest absolute Gasteiger partial charge is 0.140 e.